The lowest BCUT2D eigenvalue weighted by Gasteiger charge is -2.56. The number of esters is 2. The van der Waals surface area contributed by atoms with E-state index in [-0.39, 0.29) is 35.9 Å². The van der Waals surface area contributed by atoms with E-state index >= 15 is 0 Å². The second kappa shape index (κ2) is 11.9. The lowest BCUT2D eigenvalue weighted by Crippen LogP contribution is -2.61. The Morgan fingerprint density at radius 1 is 1.02 bits per heavy atom. The van der Waals surface area contributed by atoms with E-state index in [1.54, 1.807) is 6.07 Å². The number of amides is 1. The van der Waals surface area contributed by atoms with E-state index in [1.165, 1.54) is 13.8 Å². The molecule has 0 radical (unpaired) electrons. The molecular weight excluding hydrogens is 516 g/mol. The third kappa shape index (κ3) is 5.91. The molecule has 41 heavy (non-hydrogen) atoms. The van der Waals surface area contributed by atoms with E-state index in [0.29, 0.717) is 24.2 Å². The summed E-state index contributed by atoms with van der Waals surface area (Å²) in [7, 11) is 1.85. The van der Waals surface area contributed by atoms with Crippen LogP contribution in [0, 0.1) is 5.92 Å². The predicted octanol–water partition coefficient (Wildman–Crippen LogP) is 5.38. The molecule has 1 amide bonds. The fraction of sp³-hybridized carbons (Fsp3) is 0.382. The summed E-state index contributed by atoms with van der Waals surface area (Å²) in [4.78, 5) is 42.2. The molecule has 1 heterocycles. The van der Waals surface area contributed by atoms with Gasteiger partial charge in [0.25, 0.3) is 5.91 Å². The second-order valence-electron chi connectivity index (χ2n) is 11.4. The van der Waals surface area contributed by atoms with Gasteiger partial charge in [-0.3, -0.25) is 19.3 Å². The highest BCUT2D eigenvalue weighted by atomic mass is 16.5. The van der Waals surface area contributed by atoms with Crippen LogP contribution in [0.5, 0.6) is 5.75 Å². The van der Waals surface area contributed by atoms with Crippen molar-refractivity contribution in [1.82, 2.24) is 9.80 Å². The quantitative estimate of drug-likeness (QED) is 0.222. The first-order chi connectivity index (χ1) is 19.7. The van der Waals surface area contributed by atoms with Gasteiger partial charge in [0.15, 0.2) is 0 Å². The molecule has 5 rings (SSSR count). The van der Waals surface area contributed by atoms with Crippen molar-refractivity contribution in [1.29, 1.82) is 0 Å². The van der Waals surface area contributed by atoms with Gasteiger partial charge in [-0.15, -0.1) is 6.58 Å². The Morgan fingerprint density at radius 3 is 2.54 bits per heavy atom. The van der Waals surface area contributed by atoms with Crippen molar-refractivity contribution >= 4 is 28.6 Å². The number of rotatable bonds is 7. The molecule has 0 aromatic heterocycles. The lowest BCUT2D eigenvalue weighted by molar-refractivity contribution is -0.158. The van der Waals surface area contributed by atoms with E-state index in [1.807, 2.05) is 72.6 Å². The summed E-state index contributed by atoms with van der Waals surface area (Å²) in [5, 5.41) is 2.10. The highest BCUT2D eigenvalue weighted by Gasteiger charge is 2.54. The largest absolute Gasteiger partial charge is 0.462 e. The van der Waals surface area contributed by atoms with E-state index in [0.717, 1.165) is 42.4 Å². The van der Waals surface area contributed by atoms with Gasteiger partial charge in [0.05, 0.1) is 0 Å². The van der Waals surface area contributed by atoms with Crippen molar-refractivity contribution in [2.45, 2.75) is 50.7 Å². The van der Waals surface area contributed by atoms with Crippen LogP contribution >= 0.6 is 0 Å². The zero-order valence-corrected chi connectivity index (χ0v) is 24.0. The molecule has 1 unspecified atom stereocenters. The maximum Gasteiger partial charge on any atom is 0.308 e. The minimum Gasteiger partial charge on any atom is -0.462 e. The zero-order valence-electron chi connectivity index (χ0n) is 24.0. The van der Waals surface area contributed by atoms with Gasteiger partial charge in [0, 0.05) is 63.3 Å². The highest BCUT2D eigenvalue weighted by molar-refractivity contribution is 5.98. The standard InChI is InChI=1S/C34H38N2O5/c1-5-16-36-17-15-34(28-11-8-12-30(19-28)40-23(2)37)21-29(20-32(31(34)22-36)41-24(3)38)35(4)33(39)27-14-13-25-9-6-7-10-26(25)18-27/h5-14,18-19,29,31-32H,1,15-17,20-22H2,2-4H3/t29-,31-,32?,34-/m0/s1. The summed E-state index contributed by atoms with van der Waals surface area (Å²) >= 11 is 0. The molecule has 0 spiro atoms. The first-order valence-corrected chi connectivity index (χ1v) is 14.3. The minimum absolute atomic E-state index is 0.00639. The van der Waals surface area contributed by atoms with Gasteiger partial charge in [-0.2, -0.15) is 0 Å². The molecule has 2 fully saturated rings. The Balaban J connectivity index is 1.54. The predicted molar refractivity (Wildman–Crippen MR) is 159 cm³/mol. The Morgan fingerprint density at radius 2 is 1.80 bits per heavy atom. The fourth-order valence-electron chi connectivity index (χ4n) is 6.94. The molecule has 1 aliphatic heterocycles. The molecule has 0 N–H and O–H groups in total. The maximum absolute atomic E-state index is 13.9. The van der Waals surface area contributed by atoms with Crippen molar-refractivity contribution < 1.29 is 23.9 Å². The average molecular weight is 555 g/mol. The van der Waals surface area contributed by atoms with Crippen molar-refractivity contribution in [2.24, 2.45) is 5.92 Å². The number of piperidine rings is 1. The summed E-state index contributed by atoms with van der Waals surface area (Å²) in [6.45, 7) is 9.08. The number of benzene rings is 3. The molecule has 3 aromatic carbocycles. The molecule has 0 bridgehead atoms. The van der Waals surface area contributed by atoms with Crippen molar-refractivity contribution in [3.05, 3.63) is 90.5 Å². The van der Waals surface area contributed by atoms with E-state index in [2.05, 4.69) is 17.5 Å². The van der Waals surface area contributed by atoms with E-state index in [4.69, 9.17) is 9.47 Å². The zero-order chi connectivity index (χ0) is 29.1. The van der Waals surface area contributed by atoms with Gasteiger partial charge in [-0.1, -0.05) is 48.5 Å². The molecule has 1 aliphatic carbocycles. The molecule has 7 heteroatoms. The van der Waals surface area contributed by atoms with Crippen LogP contribution in [-0.2, 0) is 19.7 Å². The van der Waals surface area contributed by atoms with Crippen LogP contribution < -0.4 is 4.74 Å². The Labute approximate surface area is 241 Å². The number of carbonyl (C=O) groups excluding carboxylic acids is 3. The summed E-state index contributed by atoms with van der Waals surface area (Å²) in [6, 6.07) is 21.3. The van der Waals surface area contributed by atoms with E-state index in [9.17, 15) is 14.4 Å². The van der Waals surface area contributed by atoms with Crippen LogP contribution in [0.2, 0.25) is 0 Å². The first kappa shape index (κ1) is 28.6. The number of hydrogen-bond acceptors (Lipinski definition) is 6. The van der Waals surface area contributed by atoms with Gasteiger partial charge in [-0.25, -0.2) is 0 Å². The van der Waals surface area contributed by atoms with Crippen LogP contribution in [0.15, 0.2) is 79.4 Å². The van der Waals surface area contributed by atoms with Crippen molar-refractivity contribution in [3.63, 3.8) is 0 Å². The number of nitrogens with zero attached hydrogens (tertiary/aromatic N) is 2. The summed E-state index contributed by atoms with van der Waals surface area (Å²) in [6.07, 6.45) is 3.57. The molecule has 1 saturated heterocycles. The van der Waals surface area contributed by atoms with E-state index < -0.39 is 5.41 Å². The first-order valence-electron chi connectivity index (χ1n) is 14.3. The highest BCUT2D eigenvalue weighted by Crippen LogP contribution is 2.51. The smallest absolute Gasteiger partial charge is 0.308 e. The molecule has 7 nitrogen and oxygen atoms in total. The normalized spacial score (nSPS) is 24.2. The van der Waals surface area contributed by atoms with Crippen LogP contribution in [0.3, 0.4) is 0 Å². The van der Waals surface area contributed by atoms with Gasteiger partial charge in [0.1, 0.15) is 11.9 Å². The van der Waals surface area contributed by atoms with Gasteiger partial charge in [0.2, 0.25) is 0 Å². The van der Waals surface area contributed by atoms with Crippen LogP contribution in [0.25, 0.3) is 10.8 Å². The van der Waals surface area contributed by atoms with Crippen LogP contribution in [-0.4, -0.2) is 66.5 Å². The third-order valence-electron chi connectivity index (χ3n) is 8.83. The summed E-state index contributed by atoms with van der Waals surface area (Å²) < 4.78 is 11.5. The van der Waals surface area contributed by atoms with Gasteiger partial charge < -0.3 is 14.4 Å². The van der Waals surface area contributed by atoms with Crippen molar-refractivity contribution in [3.8, 4) is 5.75 Å². The Bertz CT molecular complexity index is 1470. The lowest BCUT2D eigenvalue weighted by atomic mass is 9.56. The molecule has 2 aliphatic rings. The molecular formula is C34H38N2O5. The third-order valence-corrected chi connectivity index (χ3v) is 8.83. The number of carbonyl (C=O) groups is 3. The monoisotopic (exact) mass is 554 g/mol. The SMILES string of the molecule is C=CCN1CC[C@@]2(c3cccc(OC(C)=O)c3)C[C@@H](N(C)C(=O)c3ccc4ccccc4c3)CC(OC(C)=O)[C@@H]2C1. The summed E-state index contributed by atoms with van der Waals surface area (Å²) in [5.41, 5.74) is 1.27. The topological polar surface area (TPSA) is 76.2 Å². The molecule has 1 saturated carbocycles. The average Bonchev–Trinajstić information content (AvgIpc) is 2.96. The minimum atomic E-state index is -0.394. The Hall–Kier alpha value is -3.97. The number of ether oxygens (including phenoxy) is 2. The number of hydrogen-bond donors (Lipinski definition) is 0. The van der Waals surface area contributed by atoms with Gasteiger partial charge >= 0.3 is 11.9 Å². The summed E-state index contributed by atoms with van der Waals surface area (Å²) in [5.74, 6) is -0.287. The van der Waals surface area contributed by atoms with Crippen LogP contribution in [0.4, 0.5) is 0 Å². The molecule has 214 valence electrons. The Kier molecular flexibility index (Phi) is 8.27. The van der Waals surface area contributed by atoms with Crippen molar-refractivity contribution in [2.75, 3.05) is 26.7 Å². The fourth-order valence-corrected chi connectivity index (χ4v) is 6.94. The van der Waals surface area contributed by atoms with Crippen LogP contribution in [0.1, 0.15) is 49.0 Å². The number of likely N-dealkylation sites (tertiary alicyclic amines) is 1. The molecule has 3 aromatic rings. The second-order valence-corrected chi connectivity index (χ2v) is 11.4. The number of fused-ring (bicyclic) bond motifs is 2. The maximum atomic E-state index is 13.9. The molecule has 4 atom stereocenters. The van der Waals surface area contributed by atoms with Gasteiger partial charge in [-0.05, 0) is 60.0 Å².